The van der Waals surface area contributed by atoms with Gasteiger partial charge in [0.25, 0.3) is 5.97 Å². The van der Waals surface area contributed by atoms with E-state index in [0.717, 1.165) is 26.2 Å². The van der Waals surface area contributed by atoms with E-state index in [1.54, 1.807) is 0 Å². The predicted molar refractivity (Wildman–Crippen MR) is 47.1 cm³/mol. The maximum absolute atomic E-state index is 9.06. The fraction of sp³-hybridized carbons (Fsp3) is 0.875. The number of aliphatic hydroxyl groups excluding tert-OH is 2. The average Bonchev–Trinajstić information content (AvgIpc) is 1.99. The predicted octanol–water partition coefficient (Wildman–Crippen LogP) is -0.690. The van der Waals surface area contributed by atoms with Crippen LogP contribution < -0.4 is 5.73 Å². The third-order valence-corrected chi connectivity index (χ3v) is 1.89. The number of rotatable bonds is 0. The van der Waals surface area contributed by atoms with E-state index in [4.69, 9.17) is 25.8 Å². The fourth-order valence-corrected chi connectivity index (χ4v) is 1.18. The second-order valence-corrected chi connectivity index (χ2v) is 3.16. The molecule has 0 spiro atoms. The molecule has 13 heavy (non-hydrogen) atoms. The Morgan fingerprint density at radius 1 is 1.31 bits per heavy atom. The molecule has 1 saturated carbocycles. The monoisotopic (exact) mass is 191 g/mol. The quantitative estimate of drug-likeness (QED) is 0.406. The van der Waals surface area contributed by atoms with Gasteiger partial charge in [-0.25, -0.2) is 0 Å². The van der Waals surface area contributed by atoms with Gasteiger partial charge in [0.1, 0.15) is 0 Å². The molecule has 0 aromatic heterocycles. The Morgan fingerprint density at radius 3 is 1.85 bits per heavy atom. The number of aliphatic carboxylic acids is 1. The van der Waals surface area contributed by atoms with Gasteiger partial charge in [-0.3, -0.25) is 4.79 Å². The van der Waals surface area contributed by atoms with Crippen molar-refractivity contribution >= 4 is 5.97 Å². The van der Waals surface area contributed by atoms with Crippen LogP contribution in [0.3, 0.4) is 0 Å². The van der Waals surface area contributed by atoms with Crippen LogP contribution in [-0.4, -0.2) is 39.5 Å². The number of carboxylic acid groups (broad SMARTS) is 1. The largest absolute Gasteiger partial charge is 0.481 e. The third-order valence-electron chi connectivity index (χ3n) is 1.89. The number of carbonyl (C=O) groups is 1. The highest BCUT2D eigenvalue weighted by atomic mass is 16.4. The molecule has 0 aromatic carbocycles. The molecule has 0 heterocycles. The van der Waals surface area contributed by atoms with Crippen LogP contribution in [0.1, 0.15) is 26.2 Å². The molecule has 78 valence electrons. The van der Waals surface area contributed by atoms with E-state index in [0.29, 0.717) is 0 Å². The van der Waals surface area contributed by atoms with Crippen molar-refractivity contribution in [1.29, 1.82) is 0 Å². The fourth-order valence-electron chi connectivity index (χ4n) is 1.18. The zero-order valence-electron chi connectivity index (χ0n) is 7.68. The van der Waals surface area contributed by atoms with Gasteiger partial charge in [0.05, 0.1) is 18.2 Å². The Balaban J connectivity index is 0.000000310. The highest BCUT2D eigenvalue weighted by molar-refractivity contribution is 5.62. The van der Waals surface area contributed by atoms with Crippen LogP contribution in [0.25, 0.3) is 0 Å². The van der Waals surface area contributed by atoms with Crippen molar-refractivity contribution < 1.29 is 20.1 Å². The molecule has 1 fully saturated rings. The number of aliphatic hydroxyl groups is 2. The lowest BCUT2D eigenvalue weighted by atomic mass is 9.91. The summed E-state index contributed by atoms with van der Waals surface area (Å²) in [4.78, 5) is 9.00. The Bertz CT molecular complexity index is 148. The van der Waals surface area contributed by atoms with Crippen LogP contribution >= 0.6 is 0 Å². The summed E-state index contributed by atoms with van der Waals surface area (Å²) in [5.41, 5.74) is 5.42. The lowest BCUT2D eigenvalue weighted by Gasteiger charge is -2.28. The van der Waals surface area contributed by atoms with E-state index in [-0.39, 0.29) is 0 Å². The molecule has 1 aliphatic carbocycles. The Hall–Kier alpha value is -0.650. The van der Waals surface area contributed by atoms with E-state index >= 15 is 0 Å². The summed E-state index contributed by atoms with van der Waals surface area (Å²) >= 11 is 0. The molecule has 0 radical (unpaired) electrons. The van der Waals surface area contributed by atoms with E-state index in [2.05, 4.69) is 0 Å². The topological polar surface area (TPSA) is 104 Å². The van der Waals surface area contributed by atoms with Gasteiger partial charge in [-0.2, -0.15) is 0 Å². The molecule has 5 N–H and O–H groups in total. The van der Waals surface area contributed by atoms with Gasteiger partial charge in [-0.05, 0) is 19.3 Å². The van der Waals surface area contributed by atoms with E-state index in [1.807, 2.05) is 0 Å². The Kier molecular flexibility index (Phi) is 5.61. The average molecular weight is 191 g/mol. The molecule has 1 rings (SSSR count). The number of hydrogen-bond donors (Lipinski definition) is 4. The lowest BCUT2D eigenvalue weighted by molar-refractivity contribution is -0.134. The smallest absolute Gasteiger partial charge is 0.300 e. The van der Waals surface area contributed by atoms with Crippen LogP contribution in [-0.2, 0) is 4.79 Å². The minimum absolute atomic E-state index is 0.418. The number of nitrogens with two attached hydrogens (primary N) is 1. The SMILES string of the molecule is CC(=O)O.N[C@H]1[C@H](O)CCC[C@@H]1O. The normalized spacial score (nSPS) is 33.1. The lowest BCUT2D eigenvalue weighted by Crippen LogP contribution is -2.47. The molecule has 0 aromatic rings. The second kappa shape index (κ2) is 5.90. The van der Waals surface area contributed by atoms with Crippen molar-refractivity contribution in [2.45, 2.75) is 44.4 Å². The van der Waals surface area contributed by atoms with Crippen LogP contribution in [0, 0.1) is 0 Å². The molecule has 0 bridgehead atoms. The van der Waals surface area contributed by atoms with E-state index < -0.39 is 24.2 Å². The first-order valence-corrected chi connectivity index (χ1v) is 4.26. The van der Waals surface area contributed by atoms with Crippen molar-refractivity contribution in [1.82, 2.24) is 0 Å². The van der Waals surface area contributed by atoms with Gasteiger partial charge in [0.2, 0.25) is 0 Å². The summed E-state index contributed by atoms with van der Waals surface area (Å²) in [5, 5.41) is 25.5. The maximum atomic E-state index is 9.06. The van der Waals surface area contributed by atoms with Gasteiger partial charge in [0, 0.05) is 6.92 Å². The molecule has 5 nitrogen and oxygen atoms in total. The van der Waals surface area contributed by atoms with Crippen molar-refractivity contribution in [3.05, 3.63) is 0 Å². The maximum Gasteiger partial charge on any atom is 0.300 e. The Morgan fingerprint density at radius 2 is 1.62 bits per heavy atom. The van der Waals surface area contributed by atoms with Gasteiger partial charge in [-0.15, -0.1) is 0 Å². The molecule has 0 unspecified atom stereocenters. The molecule has 1 aliphatic rings. The van der Waals surface area contributed by atoms with Crippen molar-refractivity contribution in [3.8, 4) is 0 Å². The first kappa shape index (κ1) is 12.3. The Labute approximate surface area is 77.2 Å². The molecule has 3 atom stereocenters. The minimum atomic E-state index is -0.833. The number of hydrogen-bond acceptors (Lipinski definition) is 4. The zero-order chi connectivity index (χ0) is 10.4. The van der Waals surface area contributed by atoms with Crippen molar-refractivity contribution in [2.24, 2.45) is 5.73 Å². The third kappa shape index (κ3) is 5.57. The standard InChI is InChI=1S/C6H13NO2.C2H4O2/c7-6-4(8)2-1-3-5(6)9;1-2(3)4/h4-6,8-9H,1-3,7H2;1H3,(H,3,4)/t4-,5+,6+;. The molecular weight excluding hydrogens is 174 g/mol. The first-order chi connectivity index (χ1) is 5.95. The van der Waals surface area contributed by atoms with E-state index in [9.17, 15) is 0 Å². The van der Waals surface area contributed by atoms with Crippen LogP contribution in [0.5, 0.6) is 0 Å². The molecule has 5 heteroatoms. The van der Waals surface area contributed by atoms with Crippen LogP contribution in [0.4, 0.5) is 0 Å². The van der Waals surface area contributed by atoms with Gasteiger partial charge < -0.3 is 21.1 Å². The molecule has 0 saturated heterocycles. The molecular formula is C8H17NO4. The van der Waals surface area contributed by atoms with E-state index in [1.165, 1.54) is 0 Å². The molecule has 0 amide bonds. The van der Waals surface area contributed by atoms with Crippen LogP contribution in [0.15, 0.2) is 0 Å². The number of carboxylic acids is 1. The highest BCUT2D eigenvalue weighted by Gasteiger charge is 2.26. The van der Waals surface area contributed by atoms with Gasteiger partial charge in [0.15, 0.2) is 0 Å². The summed E-state index contributed by atoms with van der Waals surface area (Å²) in [6.07, 6.45) is 1.37. The molecule has 0 aliphatic heterocycles. The first-order valence-electron chi connectivity index (χ1n) is 4.26. The van der Waals surface area contributed by atoms with Gasteiger partial charge in [-0.1, -0.05) is 0 Å². The summed E-state index contributed by atoms with van der Waals surface area (Å²) < 4.78 is 0. The summed E-state index contributed by atoms with van der Waals surface area (Å²) in [6, 6.07) is -0.418. The van der Waals surface area contributed by atoms with Crippen molar-refractivity contribution in [3.63, 3.8) is 0 Å². The summed E-state index contributed by atoms with van der Waals surface area (Å²) in [6.45, 7) is 1.08. The van der Waals surface area contributed by atoms with Crippen molar-refractivity contribution in [2.75, 3.05) is 0 Å². The zero-order valence-corrected chi connectivity index (χ0v) is 7.68. The van der Waals surface area contributed by atoms with Crippen LogP contribution in [0.2, 0.25) is 0 Å². The summed E-state index contributed by atoms with van der Waals surface area (Å²) in [7, 11) is 0. The summed E-state index contributed by atoms with van der Waals surface area (Å²) in [5.74, 6) is -0.833. The minimum Gasteiger partial charge on any atom is -0.481 e. The highest BCUT2D eigenvalue weighted by Crippen LogP contribution is 2.16. The second-order valence-electron chi connectivity index (χ2n) is 3.16. The van der Waals surface area contributed by atoms with Gasteiger partial charge >= 0.3 is 0 Å².